The van der Waals surface area contributed by atoms with Crippen molar-refractivity contribution in [2.75, 3.05) is 26.7 Å². The van der Waals surface area contributed by atoms with Gasteiger partial charge in [-0.15, -0.1) is 0 Å². The third-order valence-corrected chi connectivity index (χ3v) is 6.36. The van der Waals surface area contributed by atoms with Gasteiger partial charge in [0.05, 0.1) is 5.56 Å². The molecule has 0 saturated carbocycles. The van der Waals surface area contributed by atoms with Crippen LogP contribution in [0.25, 0.3) is 0 Å². The fourth-order valence-corrected chi connectivity index (χ4v) is 4.61. The van der Waals surface area contributed by atoms with E-state index < -0.39 is 0 Å². The summed E-state index contributed by atoms with van der Waals surface area (Å²) < 4.78 is 0. The van der Waals surface area contributed by atoms with Crippen molar-refractivity contribution < 1.29 is 9.59 Å². The second-order valence-electron chi connectivity index (χ2n) is 7.78. The first kappa shape index (κ1) is 17.9. The molecule has 1 spiro atoms. The zero-order valence-corrected chi connectivity index (χ0v) is 15.9. The number of likely N-dealkylation sites (tertiary alicyclic amines) is 2. The van der Waals surface area contributed by atoms with Crippen LogP contribution in [0.3, 0.4) is 0 Å². The summed E-state index contributed by atoms with van der Waals surface area (Å²) in [6.45, 7) is 2.68. The smallest absolute Gasteiger partial charge is 0.254 e. The lowest BCUT2D eigenvalue weighted by molar-refractivity contribution is 0.0490. The normalized spacial score (nSPS) is 19.4. The van der Waals surface area contributed by atoms with E-state index in [1.54, 1.807) is 24.3 Å². The molecule has 0 radical (unpaired) electrons. The molecule has 2 aliphatic heterocycles. The largest absolute Gasteiger partial charge is 0.338 e. The van der Waals surface area contributed by atoms with Gasteiger partial charge in [-0.1, -0.05) is 48.5 Å². The molecule has 2 saturated heterocycles. The summed E-state index contributed by atoms with van der Waals surface area (Å²) in [5.74, 6) is -0.117. The molecule has 2 aromatic carbocycles. The van der Waals surface area contributed by atoms with E-state index in [4.69, 9.17) is 0 Å². The van der Waals surface area contributed by atoms with Crippen molar-refractivity contribution in [2.24, 2.45) is 0 Å². The molecule has 4 rings (SSSR count). The summed E-state index contributed by atoms with van der Waals surface area (Å²) >= 11 is 0. The van der Waals surface area contributed by atoms with Gasteiger partial charge in [0.25, 0.3) is 5.91 Å². The van der Waals surface area contributed by atoms with Crippen LogP contribution in [0.15, 0.2) is 54.6 Å². The first-order valence-electron chi connectivity index (χ1n) is 9.80. The number of hydrogen-bond acceptors (Lipinski definition) is 3. The number of amides is 1. The van der Waals surface area contributed by atoms with Gasteiger partial charge in [-0.25, -0.2) is 0 Å². The van der Waals surface area contributed by atoms with Gasteiger partial charge >= 0.3 is 0 Å². The highest BCUT2D eigenvalue weighted by Crippen LogP contribution is 2.37. The molecule has 4 nitrogen and oxygen atoms in total. The highest BCUT2D eigenvalue weighted by Gasteiger charge is 2.42. The Balaban J connectivity index is 1.54. The van der Waals surface area contributed by atoms with Crippen LogP contribution in [0.1, 0.15) is 52.0 Å². The molecule has 1 amide bonds. The van der Waals surface area contributed by atoms with Gasteiger partial charge in [0.2, 0.25) is 0 Å². The van der Waals surface area contributed by atoms with Crippen molar-refractivity contribution in [2.45, 2.75) is 31.2 Å². The first-order chi connectivity index (χ1) is 13.1. The Morgan fingerprint density at radius 2 is 1.44 bits per heavy atom. The summed E-state index contributed by atoms with van der Waals surface area (Å²) in [5, 5.41) is 0. The Hall–Kier alpha value is -2.46. The van der Waals surface area contributed by atoms with E-state index in [1.165, 1.54) is 12.8 Å². The molecule has 27 heavy (non-hydrogen) atoms. The number of carbonyl (C=O) groups excluding carboxylic acids is 2. The maximum Gasteiger partial charge on any atom is 0.254 e. The molecular formula is C23H26N2O2. The SMILES string of the molecule is CN1CCCC12CCN(C(=O)c1ccccc1C(=O)c1ccccc1)CC2. The molecule has 0 atom stereocenters. The van der Waals surface area contributed by atoms with Crippen molar-refractivity contribution in [3.63, 3.8) is 0 Å². The molecule has 0 bridgehead atoms. The molecule has 2 aromatic rings. The van der Waals surface area contributed by atoms with Gasteiger partial charge in [-0.2, -0.15) is 0 Å². The van der Waals surface area contributed by atoms with E-state index in [0.29, 0.717) is 16.7 Å². The Kier molecular flexibility index (Phi) is 4.83. The molecule has 140 valence electrons. The lowest BCUT2D eigenvalue weighted by atomic mass is 9.85. The van der Waals surface area contributed by atoms with Crippen LogP contribution >= 0.6 is 0 Å². The summed E-state index contributed by atoms with van der Waals surface area (Å²) in [4.78, 5) is 30.5. The topological polar surface area (TPSA) is 40.6 Å². The highest BCUT2D eigenvalue weighted by molar-refractivity contribution is 6.15. The minimum atomic E-state index is -0.0939. The van der Waals surface area contributed by atoms with E-state index in [-0.39, 0.29) is 17.2 Å². The quantitative estimate of drug-likeness (QED) is 0.783. The van der Waals surface area contributed by atoms with Gasteiger partial charge in [0.15, 0.2) is 5.78 Å². The maximum atomic E-state index is 13.2. The number of rotatable bonds is 3. The number of piperidine rings is 1. The fourth-order valence-electron chi connectivity index (χ4n) is 4.61. The van der Waals surface area contributed by atoms with Crippen LogP contribution in [0.4, 0.5) is 0 Å². The van der Waals surface area contributed by atoms with E-state index in [0.717, 1.165) is 32.5 Å². The monoisotopic (exact) mass is 362 g/mol. The van der Waals surface area contributed by atoms with Crippen molar-refractivity contribution in [1.29, 1.82) is 0 Å². The van der Waals surface area contributed by atoms with Crippen molar-refractivity contribution in [1.82, 2.24) is 9.80 Å². The molecule has 2 fully saturated rings. The Morgan fingerprint density at radius 1 is 0.815 bits per heavy atom. The second-order valence-corrected chi connectivity index (χ2v) is 7.78. The zero-order chi connectivity index (χ0) is 18.9. The number of ketones is 1. The number of nitrogens with zero attached hydrogens (tertiary/aromatic N) is 2. The molecule has 0 aliphatic carbocycles. The molecule has 4 heteroatoms. The van der Waals surface area contributed by atoms with E-state index in [2.05, 4.69) is 11.9 Å². The van der Waals surface area contributed by atoms with Crippen molar-refractivity contribution >= 4 is 11.7 Å². The molecule has 0 aromatic heterocycles. The standard InChI is InChI=1S/C23H26N2O2/c1-24-15-7-12-23(24)13-16-25(17-14-23)22(27)20-11-6-5-10-19(20)21(26)18-8-3-2-4-9-18/h2-6,8-11H,7,12-17H2,1H3. The minimum absolute atomic E-state index is 0.0228. The van der Waals surface area contributed by atoms with E-state index in [9.17, 15) is 9.59 Å². The predicted octanol–water partition coefficient (Wildman–Crippen LogP) is 3.62. The molecule has 0 N–H and O–H groups in total. The van der Waals surface area contributed by atoms with E-state index in [1.807, 2.05) is 35.2 Å². The second kappa shape index (κ2) is 7.28. The average Bonchev–Trinajstić information content (AvgIpc) is 3.08. The van der Waals surface area contributed by atoms with Gasteiger partial charge in [-0.05, 0) is 45.3 Å². The Labute approximate surface area is 160 Å². The first-order valence-corrected chi connectivity index (χ1v) is 9.80. The van der Waals surface area contributed by atoms with Gasteiger partial charge in [-0.3, -0.25) is 9.59 Å². The fraction of sp³-hybridized carbons (Fsp3) is 0.391. The number of hydrogen-bond donors (Lipinski definition) is 0. The summed E-state index contributed by atoms with van der Waals surface area (Å²) in [5.41, 5.74) is 1.90. The number of benzene rings is 2. The van der Waals surface area contributed by atoms with Gasteiger partial charge in [0, 0.05) is 29.8 Å². The van der Waals surface area contributed by atoms with Crippen LogP contribution < -0.4 is 0 Å². The van der Waals surface area contributed by atoms with Crippen LogP contribution in [-0.4, -0.2) is 53.7 Å². The lowest BCUT2D eigenvalue weighted by Crippen LogP contribution is -2.52. The average molecular weight is 362 g/mol. The third-order valence-electron chi connectivity index (χ3n) is 6.36. The molecule has 0 unspecified atom stereocenters. The van der Waals surface area contributed by atoms with Crippen LogP contribution in [0, 0.1) is 0 Å². The van der Waals surface area contributed by atoms with Crippen LogP contribution in [0.5, 0.6) is 0 Å². The van der Waals surface area contributed by atoms with E-state index >= 15 is 0 Å². The Morgan fingerprint density at radius 3 is 2.07 bits per heavy atom. The maximum absolute atomic E-state index is 13.2. The van der Waals surface area contributed by atoms with Crippen LogP contribution in [-0.2, 0) is 0 Å². The summed E-state index contributed by atoms with van der Waals surface area (Å²) in [6.07, 6.45) is 4.52. The number of carbonyl (C=O) groups is 2. The summed E-state index contributed by atoms with van der Waals surface area (Å²) in [6, 6.07) is 16.4. The van der Waals surface area contributed by atoms with Crippen LogP contribution in [0.2, 0.25) is 0 Å². The molecule has 2 heterocycles. The molecule has 2 aliphatic rings. The van der Waals surface area contributed by atoms with Gasteiger partial charge < -0.3 is 9.80 Å². The van der Waals surface area contributed by atoms with Crippen molar-refractivity contribution in [3.8, 4) is 0 Å². The predicted molar refractivity (Wildman–Crippen MR) is 106 cm³/mol. The minimum Gasteiger partial charge on any atom is -0.338 e. The summed E-state index contributed by atoms with van der Waals surface area (Å²) in [7, 11) is 2.21. The lowest BCUT2D eigenvalue weighted by Gasteiger charge is -2.43. The highest BCUT2D eigenvalue weighted by atomic mass is 16.2. The Bertz CT molecular complexity index is 838. The third kappa shape index (κ3) is 3.30. The zero-order valence-electron chi connectivity index (χ0n) is 15.9. The van der Waals surface area contributed by atoms with Gasteiger partial charge in [0.1, 0.15) is 0 Å². The molecular weight excluding hydrogens is 336 g/mol. The van der Waals surface area contributed by atoms with Crippen molar-refractivity contribution in [3.05, 3.63) is 71.3 Å².